The van der Waals surface area contributed by atoms with Gasteiger partial charge in [0.1, 0.15) is 11.9 Å². The van der Waals surface area contributed by atoms with E-state index in [0.29, 0.717) is 32.8 Å². The van der Waals surface area contributed by atoms with Crippen LogP contribution in [-0.2, 0) is 16.0 Å². The zero-order valence-electron chi connectivity index (χ0n) is 16.6. The summed E-state index contributed by atoms with van der Waals surface area (Å²) in [5.41, 5.74) is 1.99. The van der Waals surface area contributed by atoms with Gasteiger partial charge in [-0.1, -0.05) is 30.3 Å². The van der Waals surface area contributed by atoms with Crippen LogP contribution in [0.2, 0.25) is 0 Å². The van der Waals surface area contributed by atoms with Crippen LogP contribution < -0.4 is 10.1 Å². The maximum atomic E-state index is 12.2. The molecule has 1 aliphatic heterocycles. The molecule has 1 aliphatic rings. The second-order valence-electron chi connectivity index (χ2n) is 7.16. The standard InChI is InChI=1S/C23H25N3O4/c27-23(24-15-18-5-2-1-3-6-18)30-22-11-14-28-16-19(22)17-29-21-9-7-20(8-10-21)26-13-4-12-25-26/h1-10,12-13,19,22H,11,14-17H2,(H,24,27). The number of hydrogen-bond donors (Lipinski definition) is 1. The van der Waals surface area contributed by atoms with E-state index in [0.717, 1.165) is 17.0 Å². The summed E-state index contributed by atoms with van der Waals surface area (Å²) in [5.74, 6) is 0.732. The van der Waals surface area contributed by atoms with Gasteiger partial charge in [-0.05, 0) is 35.9 Å². The Hall–Kier alpha value is -3.32. The Morgan fingerprint density at radius 2 is 1.97 bits per heavy atom. The minimum absolute atomic E-state index is 0.0213. The average Bonchev–Trinajstić information content (AvgIpc) is 3.33. The van der Waals surface area contributed by atoms with Crippen molar-refractivity contribution in [1.29, 1.82) is 0 Å². The highest BCUT2D eigenvalue weighted by Gasteiger charge is 2.29. The maximum Gasteiger partial charge on any atom is 0.407 e. The molecule has 0 bridgehead atoms. The Balaban J connectivity index is 1.27. The molecule has 1 aromatic heterocycles. The number of ether oxygens (including phenoxy) is 3. The van der Waals surface area contributed by atoms with Crippen LogP contribution in [0.1, 0.15) is 12.0 Å². The molecule has 0 aliphatic carbocycles. The van der Waals surface area contributed by atoms with Crippen molar-refractivity contribution in [3.8, 4) is 11.4 Å². The van der Waals surface area contributed by atoms with E-state index >= 15 is 0 Å². The minimum atomic E-state index is -0.417. The number of carbonyl (C=O) groups is 1. The lowest BCUT2D eigenvalue weighted by molar-refractivity contribution is -0.0560. The number of hydrogen-bond acceptors (Lipinski definition) is 5. The zero-order chi connectivity index (χ0) is 20.6. The second-order valence-corrected chi connectivity index (χ2v) is 7.16. The first-order valence-corrected chi connectivity index (χ1v) is 10.1. The molecule has 1 saturated heterocycles. The SMILES string of the molecule is O=C(NCc1ccccc1)OC1CCOCC1COc1ccc(-n2cccn2)cc1. The predicted molar refractivity (Wildman–Crippen MR) is 112 cm³/mol. The van der Waals surface area contributed by atoms with Crippen molar-refractivity contribution >= 4 is 6.09 Å². The fraction of sp³-hybridized carbons (Fsp3) is 0.304. The fourth-order valence-electron chi connectivity index (χ4n) is 3.36. The molecule has 156 valence electrons. The summed E-state index contributed by atoms with van der Waals surface area (Å²) in [6.07, 6.45) is 3.63. The van der Waals surface area contributed by atoms with Gasteiger partial charge in [0.05, 0.1) is 31.4 Å². The van der Waals surface area contributed by atoms with E-state index in [4.69, 9.17) is 14.2 Å². The number of aromatic nitrogens is 2. The molecule has 2 atom stereocenters. The van der Waals surface area contributed by atoms with E-state index in [1.165, 1.54) is 0 Å². The molecule has 2 aromatic carbocycles. The lowest BCUT2D eigenvalue weighted by Crippen LogP contribution is -2.41. The average molecular weight is 407 g/mol. The van der Waals surface area contributed by atoms with Gasteiger partial charge in [0.2, 0.25) is 0 Å². The Morgan fingerprint density at radius 3 is 2.73 bits per heavy atom. The van der Waals surface area contributed by atoms with E-state index in [2.05, 4.69) is 10.4 Å². The van der Waals surface area contributed by atoms with Crippen molar-refractivity contribution in [1.82, 2.24) is 15.1 Å². The number of amides is 1. The van der Waals surface area contributed by atoms with Gasteiger partial charge in [-0.15, -0.1) is 0 Å². The van der Waals surface area contributed by atoms with Crippen molar-refractivity contribution in [2.24, 2.45) is 5.92 Å². The lowest BCUT2D eigenvalue weighted by atomic mass is 9.99. The number of nitrogens with one attached hydrogen (secondary N) is 1. The number of rotatable bonds is 7. The highest BCUT2D eigenvalue weighted by Crippen LogP contribution is 2.21. The minimum Gasteiger partial charge on any atom is -0.493 e. The van der Waals surface area contributed by atoms with E-state index in [1.54, 1.807) is 10.9 Å². The Morgan fingerprint density at radius 1 is 1.13 bits per heavy atom. The molecule has 0 spiro atoms. The van der Waals surface area contributed by atoms with Crippen LogP contribution in [0.4, 0.5) is 4.79 Å². The third-order valence-electron chi connectivity index (χ3n) is 5.01. The normalized spacial score (nSPS) is 18.5. The summed E-state index contributed by atoms with van der Waals surface area (Å²) in [5, 5.41) is 7.02. The number of nitrogens with zero attached hydrogens (tertiary/aromatic N) is 2. The molecule has 30 heavy (non-hydrogen) atoms. The molecular formula is C23H25N3O4. The van der Waals surface area contributed by atoms with Crippen LogP contribution in [0.3, 0.4) is 0 Å². The summed E-state index contributed by atoms with van der Waals surface area (Å²) < 4.78 is 19.0. The molecule has 2 heterocycles. The molecule has 1 fully saturated rings. The number of benzene rings is 2. The molecule has 3 aromatic rings. The Kier molecular flexibility index (Phi) is 6.61. The van der Waals surface area contributed by atoms with E-state index in [9.17, 15) is 4.79 Å². The highest BCUT2D eigenvalue weighted by atomic mass is 16.6. The molecule has 1 amide bonds. The summed E-state index contributed by atoms with van der Waals surface area (Å²) in [6.45, 7) is 1.93. The van der Waals surface area contributed by atoms with Crippen LogP contribution in [0.15, 0.2) is 73.1 Å². The van der Waals surface area contributed by atoms with Gasteiger partial charge in [0.25, 0.3) is 0 Å². The first kappa shape index (κ1) is 20.0. The zero-order valence-corrected chi connectivity index (χ0v) is 16.6. The number of alkyl carbamates (subject to hydrolysis) is 1. The predicted octanol–water partition coefficient (Wildman–Crippen LogP) is 3.58. The van der Waals surface area contributed by atoms with Gasteiger partial charge in [-0.25, -0.2) is 9.48 Å². The van der Waals surface area contributed by atoms with Gasteiger partial charge >= 0.3 is 6.09 Å². The quantitative estimate of drug-likeness (QED) is 0.648. The maximum absolute atomic E-state index is 12.2. The summed E-state index contributed by atoms with van der Waals surface area (Å²) in [6, 6.07) is 19.3. The molecule has 2 unspecified atom stereocenters. The van der Waals surface area contributed by atoms with E-state index < -0.39 is 6.09 Å². The monoisotopic (exact) mass is 407 g/mol. The highest BCUT2D eigenvalue weighted by molar-refractivity contribution is 5.67. The van der Waals surface area contributed by atoms with Crippen molar-refractivity contribution in [2.45, 2.75) is 19.1 Å². The third-order valence-corrected chi connectivity index (χ3v) is 5.01. The molecule has 7 heteroatoms. The van der Waals surface area contributed by atoms with Crippen molar-refractivity contribution < 1.29 is 19.0 Å². The van der Waals surface area contributed by atoms with Crippen molar-refractivity contribution in [3.05, 3.63) is 78.6 Å². The lowest BCUT2D eigenvalue weighted by Gasteiger charge is -2.31. The number of carbonyl (C=O) groups excluding carboxylic acids is 1. The van der Waals surface area contributed by atoms with Crippen LogP contribution in [0.25, 0.3) is 5.69 Å². The van der Waals surface area contributed by atoms with Gasteiger partial charge in [0.15, 0.2) is 0 Å². The smallest absolute Gasteiger partial charge is 0.407 e. The van der Waals surface area contributed by atoms with Crippen LogP contribution >= 0.6 is 0 Å². The largest absolute Gasteiger partial charge is 0.493 e. The fourth-order valence-corrected chi connectivity index (χ4v) is 3.36. The summed E-state index contributed by atoms with van der Waals surface area (Å²) in [4.78, 5) is 12.2. The molecule has 1 N–H and O–H groups in total. The molecule has 4 rings (SSSR count). The van der Waals surface area contributed by atoms with Crippen LogP contribution in [0, 0.1) is 5.92 Å². The molecule has 7 nitrogen and oxygen atoms in total. The van der Waals surface area contributed by atoms with Gasteiger partial charge in [-0.2, -0.15) is 5.10 Å². The van der Waals surface area contributed by atoms with Crippen LogP contribution in [-0.4, -0.2) is 41.8 Å². The summed E-state index contributed by atoms with van der Waals surface area (Å²) >= 11 is 0. The second kappa shape index (κ2) is 9.93. The van der Waals surface area contributed by atoms with E-state index in [1.807, 2.05) is 66.9 Å². The van der Waals surface area contributed by atoms with Gasteiger partial charge in [0, 0.05) is 25.4 Å². The molecular weight excluding hydrogens is 382 g/mol. The topological polar surface area (TPSA) is 74.6 Å². The molecule has 0 saturated carbocycles. The molecule has 0 radical (unpaired) electrons. The van der Waals surface area contributed by atoms with Gasteiger partial charge in [-0.3, -0.25) is 0 Å². The Labute approximate surface area is 175 Å². The van der Waals surface area contributed by atoms with Gasteiger partial charge < -0.3 is 19.5 Å². The Bertz CT molecular complexity index is 913. The van der Waals surface area contributed by atoms with E-state index in [-0.39, 0.29) is 12.0 Å². The third kappa shape index (κ3) is 5.39. The first-order chi connectivity index (χ1) is 14.8. The first-order valence-electron chi connectivity index (χ1n) is 10.1. The van der Waals surface area contributed by atoms with Crippen LogP contribution in [0.5, 0.6) is 5.75 Å². The van der Waals surface area contributed by atoms with Crippen molar-refractivity contribution in [2.75, 3.05) is 19.8 Å². The van der Waals surface area contributed by atoms with Crippen molar-refractivity contribution in [3.63, 3.8) is 0 Å². The summed E-state index contributed by atoms with van der Waals surface area (Å²) in [7, 11) is 0.